The lowest BCUT2D eigenvalue weighted by Gasteiger charge is -2.33. The molecule has 0 bridgehead atoms. The number of carboxylic acid groups (broad SMARTS) is 1. The van der Waals surface area contributed by atoms with E-state index < -0.39 is 5.97 Å². The van der Waals surface area contributed by atoms with Crippen molar-refractivity contribution in [2.75, 3.05) is 26.2 Å². The molecule has 28 heavy (non-hydrogen) atoms. The van der Waals surface area contributed by atoms with E-state index in [0.29, 0.717) is 30.6 Å². The molecular formula is C20H24N4O4. The number of aromatic carboxylic acids is 1. The molecule has 2 aliphatic rings. The lowest BCUT2D eigenvalue weighted by atomic mass is 9.97. The fourth-order valence-electron chi connectivity index (χ4n) is 4.04. The Labute approximate surface area is 163 Å². The summed E-state index contributed by atoms with van der Waals surface area (Å²) in [6, 6.07) is 6.43. The first-order chi connectivity index (χ1) is 13.6. The van der Waals surface area contributed by atoms with Crippen molar-refractivity contribution in [1.82, 2.24) is 19.9 Å². The standard InChI is InChI=1S/C20H24N4O4/c25-18-4-2-10-24(18)12-14-3-1-9-23(11-14)13-17-21-19(22-28-17)15-5-7-16(8-6-15)20(26)27/h5-8,14H,1-4,9-13H2,(H,26,27)/t14-/m0/s1. The summed E-state index contributed by atoms with van der Waals surface area (Å²) in [6.07, 6.45) is 3.91. The Morgan fingerprint density at radius 1 is 1.21 bits per heavy atom. The van der Waals surface area contributed by atoms with Crippen LogP contribution in [0.25, 0.3) is 11.4 Å². The number of hydrogen-bond acceptors (Lipinski definition) is 6. The Morgan fingerprint density at radius 3 is 2.75 bits per heavy atom. The van der Waals surface area contributed by atoms with Crippen molar-refractivity contribution in [2.24, 2.45) is 5.92 Å². The third kappa shape index (κ3) is 4.22. The summed E-state index contributed by atoms with van der Waals surface area (Å²) in [5, 5.41) is 13.0. The van der Waals surface area contributed by atoms with Crippen LogP contribution in [0.2, 0.25) is 0 Å². The van der Waals surface area contributed by atoms with Crippen LogP contribution in [0.3, 0.4) is 0 Å². The van der Waals surface area contributed by atoms with Crippen molar-refractivity contribution < 1.29 is 19.2 Å². The highest BCUT2D eigenvalue weighted by Crippen LogP contribution is 2.23. The third-order valence-electron chi connectivity index (χ3n) is 5.47. The molecule has 0 saturated carbocycles. The molecule has 1 aromatic heterocycles. The molecule has 8 heteroatoms. The minimum absolute atomic E-state index is 0.225. The van der Waals surface area contributed by atoms with E-state index in [4.69, 9.17) is 9.63 Å². The van der Waals surface area contributed by atoms with Crippen molar-refractivity contribution in [3.8, 4) is 11.4 Å². The number of carbonyl (C=O) groups excluding carboxylic acids is 1. The lowest BCUT2D eigenvalue weighted by molar-refractivity contribution is -0.128. The normalized spacial score (nSPS) is 20.6. The van der Waals surface area contributed by atoms with Crippen LogP contribution < -0.4 is 0 Å². The Morgan fingerprint density at radius 2 is 2.04 bits per heavy atom. The molecule has 1 amide bonds. The molecule has 0 unspecified atom stereocenters. The van der Waals surface area contributed by atoms with E-state index in [1.807, 2.05) is 4.90 Å². The van der Waals surface area contributed by atoms with Crippen LogP contribution >= 0.6 is 0 Å². The summed E-state index contributed by atoms with van der Waals surface area (Å²) < 4.78 is 5.40. The number of aromatic nitrogens is 2. The first kappa shape index (κ1) is 18.6. The van der Waals surface area contributed by atoms with Gasteiger partial charge in [0.05, 0.1) is 12.1 Å². The van der Waals surface area contributed by atoms with Crippen molar-refractivity contribution in [2.45, 2.75) is 32.2 Å². The maximum atomic E-state index is 11.9. The number of hydrogen-bond donors (Lipinski definition) is 1. The second kappa shape index (κ2) is 8.10. The number of carbonyl (C=O) groups is 2. The zero-order valence-corrected chi connectivity index (χ0v) is 15.7. The van der Waals surface area contributed by atoms with E-state index >= 15 is 0 Å². The molecule has 1 aromatic carbocycles. The van der Waals surface area contributed by atoms with Gasteiger partial charge in [-0.05, 0) is 43.9 Å². The molecule has 1 atom stereocenters. The van der Waals surface area contributed by atoms with Gasteiger partial charge in [0.2, 0.25) is 17.6 Å². The molecule has 0 radical (unpaired) electrons. The van der Waals surface area contributed by atoms with Crippen molar-refractivity contribution in [3.05, 3.63) is 35.7 Å². The molecule has 8 nitrogen and oxygen atoms in total. The predicted octanol–water partition coefficient (Wildman–Crippen LogP) is 2.27. The highest BCUT2D eigenvalue weighted by Gasteiger charge is 2.27. The third-order valence-corrected chi connectivity index (χ3v) is 5.47. The predicted molar refractivity (Wildman–Crippen MR) is 101 cm³/mol. The van der Waals surface area contributed by atoms with Gasteiger partial charge in [-0.2, -0.15) is 4.98 Å². The van der Waals surface area contributed by atoms with Gasteiger partial charge in [-0.3, -0.25) is 9.69 Å². The van der Waals surface area contributed by atoms with E-state index in [-0.39, 0.29) is 11.5 Å². The largest absolute Gasteiger partial charge is 0.478 e. The first-order valence-electron chi connectivity index (χ1n) is 9.75. The highest BCUT2D eigenvalue weighted by molar-refractivity contribution is 5.88. The molecule has 3 heterocycles. The van der Waals surface area contributed by atoms with E-state index in [2.05, 4.69) is 15.0 Å². The Kier molecular flexibility index (Phi) is 5.38. The van der Waals surface area contributed by atoms with Crippen LogP contribution in [0.4, 0.5) is 0 Å². The Bertz CT molecular complexity index is 848. The van der Waals surface area contributed by atoms with Gasteiger partial charge in [0, 0.05) is 31.6 Å². The lowest BCUT2D eigenvalue weighted by Crippen LogP contribution is -2.41. The average Bonchev–Trinajstić information content (AvgIpc) is 3.32. The zero-order valence-electron chi connectivity index (χ0n) is 15.7. The van der Waals surface area contributed by atoms with E-state index in [1.165, 1.54) is 12.1 Å². The molecule has 2 saturated heterocycles. The van der Waals surface area contributed by atoms with E-state index in [1.54, 1.807) is 12.1 Å². The number of benzene rings is 1. The SMILES string of the molecule is O=C(O)c1ccc(-c2noc(CN3CCC[C@H](CN4CCCC4=O)C3)n2)cc1. The van der Waals surface area contributed by atoms with Gasteiger partial charge in [0.1, 0.15) is 0 Å². The molecule has 0 aliphatic carbocycles. The van der Waals surface area contributed by atoms with E-state index in [9.17, 15) is 9.59 Å². The molecule has 0 spiro atoms. The number of piperidine rings is 1. The molecule has 1 N–H and O–H groups in total. The monoisotopic (exact) mass is 384 g/mol. The van der Waals surface area contributed by atoms with Gasteiger partial charge in [-0.1, -0.05) is 17.3 Å². The highest BCUT2D eigenvalue weighted by atomic mass is 16.5. The fraction of sp³-hybridized carbons (Fsp3) is 0.500. The summed E-state index contributed by atoms with van der Waals surface area (Å²) in [4.78, 5) is 31.6. The zero-order chi connectivity index (χ0) is 19.5. The average molecular weight is 384 g/mol. The van der Waals surface area contributed by atoms with Crippen LogP contribution in [-0.4, -0.2) is 63.1 Å². The number of amides is 1. The Balaban J connectivity index is 1.35. The number of nitrogens with zero attached hydrogens (tertiary/aromatic N) is 4. The van der Waals surface area contributed by atoms with Gasteiger partial charge in [-0.25, -0.2) is 4.79 Å². The second-order valence-corrected chi connectivity index (χ2v) is 7.58. The molecular weight excluding hydrogens is 360 g/mol. The van der Waals surface area contributed by atoms with E-state index in [0.717, 1.165) is 51.0 Å². The molecule has 2 aliphatic heterocycles. The van der Waals surface area contributed by atoms with Gasteiger partial charge in [0.15, 0.2) is 0 Å². The Hall–Kier alpha value is -2.74. The maximum Gasteiger partial charge on any atom is 0.335 e. The molecule has 4 rings (SSSR count). The first-order valence-corrected chi connectivity index (χ1v) is 9.75. The topological polar surface area (TPSA) is 99.8 Å². The summed E-state index contributed by atoms with van der Waals surface area (Å²) >= 11 is 0. The maximum absolute atomic E-state index is 11.9. The molecule has 2 fully saturated rings. The van der Waals surface area contributed by atoms with Crippen molar-refractivity contribution >= 4 is 11.9 Å². The smallest absolute Gasteiger partial charge is 0.335 e. The summed E-state index contributed by atoms with van der Waals surface area (Å²) in [5.74, 6) is 0.823. The number of likely N-dealkylation sites (tertiary alicyclic amines) is 2. The summed E-state index contributed by atoms with van der Waals surface area (Å²) in [5.41, 5.74) is 0.951. The number of carboxylic acids is 1. The van der Waals surface area contributed by atoms with Crippen LogP contribution in [0.1, 0.15) is 41.9 Å². The van der Waals surface area contributed by atoms with Gasteiger partial charge >= 0.3 is 5.97 Å². The van der Waals surface area contributed by atoms with Crippen LogP contribution in [0.15, 0.2) is 28.8 Å². The second-order valence-electron chi connectivity index (χ2n) is 7.58. The molecule has 148 valence electrons. The van der Waals surface area contributed by atoms with Crippen molar-refractivity contribution in [1.29, 1.82) is 0 Å². The van der Waals surface area contributed by atoms with Crippen LogP contribution in [-0.2, 0) is 11.3 Å². The van der Waals surface area contributed by atoms with Gasteiger partial charge < -0.3 is 14.5 Å². The fourth-order valence-corrected chi connectivity index (χ4v) is 4.04. The minimum atomic E-state index is -0.962. The van der Waals surface area contributed by atoms with Crippen LogP contribution in [0, 0.1) is 5.92 Å². The number of rotatable bonds is 6. The van der Waals surface area contributed by atoms with Gasteiger partial charge in [0.25, 0.3) is 0 Å². The molecule has 2 aromatic rings. The van der Waals surface area contributed by atoms with Gasteiger partial charge in [-0.15, -0.1) is 0 Å². The quantitative estimate of drug-likeness (QED) is 0.815. The van der Waals surface area contributed by atoms with Crippen molar-refractivity contribution in [3.63, 3.8) is 0 Å². The minimum Gasteiger partial charge on any atom is -0.478 e. The summed E-state index contributed by atoms with van der Waals surface area (Å²) in [6.45, 7) is 4.23. The summed E-state index contributed by atoms with van der Waals surface area (Å²) in [7, 11) is 0. The van der Waals surface area contributed by atoms with Crippen LogP contribution in [0.5, 0.6) is 0 Å².